The van der Waals surface area contributed by atoms with Crippen LogP contribution in [0.1, 0.15) is 54.2 Å². The number of aromatic nitrogens is 1. The lowest BCUT2D eigenvalue weighted by atomic mass is 10.1. The van der Waals surface area contributed by atoms with E-state index in [1.54, 1.807) is 11.3 Å². The van der Waals surface area contributed by atoms with Crippen LogP contribution in [0.4, 0.5) is 0 Å². The summed E-state index contributed by atoms with van der Waals surface area (Å²) in [5.41, 5.74) is 5.34. The van der Waals surface area contributed by atoms with Gasteiger partial charge in [0.05, 0.1) is 24.7 Å². The van der Waals surface area contributed by atoms with Crippen molar-refractivity contribution in [3.8, 4) is 28.0 Å². The van der Waals surface area contributed by atoms with Crippen LogP contribution in [-0.2, 0) is 25.7 Å². The zero-order valence-electron chi connectivity index (χ0n) is 18.8. The second kappa shape index (κ2) is 9.95. The van der Waals surface area contributed by atoms with Gasteiger partial charge in [0.2, 0.25) is 5.88 Å². The summed E-state index contributed by atoms with van der Waals surface area (Å²) in [5.74, 6) is 2.79. The smallest absolute Gasteiger partial charge is 0.228 e. The summed E-state index contributed by atoms with van der Waals surface area (Å²) < 4.78 is 17.8. The molecule has 0 amide bonds. The van der Waals surface area contributed by atoms with Gasteiger partial charge in [0.25, 0.3) is 0 Å². The molecule has 5 rings (SSSR count). The first-order chi connectivity index (χ1) is 15.8. The van der Waals surface area contributed by atoms with Crippen molar-refractivity contribution in [3.63, 3.8) is 0 Å². The van der Waals surface area contributed by atoms with Gasteiger partial charge in [-0.05, 0) is 85.5 Å². The molecule has 2 aliphatic rings. The molecule has 1 aromatic heterocycles. The molecule has 0 unspecified atom stereocenters. The summed E-state index contributed by atoms with van der Waals surface area (Å²) in [7, 11) is 0. The van der Waals surface area contributed by atoms with Crippen LogP contribution in [0.3, 0.4) is 0 Å². The lowest BCUT2D eigenvalue weighted by Crippen LogP contribution is -2.06. The Bertz CT molecular complexity index is 1050. The van der Waals surface area contributed by atoms with E-state index in [0.717, 1.165) is 66.7 Å². The van der Waals surface area contributed by atoms with E-state index in [-0.39, 0.29) is 0 Å². The summed E-state index contributed by atoms with van der Waals surface area (Å²) in [6.45, 7) is 4.31. The molecule has 32 heavy (non-hydrogen) atoms. The van der Waals surface area contributed by atoms with Gasteiger partial charge in [0.1, 0.15) is 16.5 Å². The molecule has 1 aliphatic carbocycles. The first kappa shape index (κ1) is 21.3. The van der Waals surface area contributed by atoms with Crippen molar-refractivity contribution >= 4 is 11.3 Å². The van der Waals surface area contributed by atoms with Crippen LogP contribution in [0.15, 0.2) is 36.4 Å². The number of ether oxygens (including phenoxy) is 3. The van der Waals surface area contributed by atoms with E-state index in [1.165, 1.54) is 40.8 Å². The Kier molecular flexibility index (Phi) is 6.63. The molecule has 1 aliphatic heterocycles. The molecule has 0 bridgehead atoms. The van der Waals surface area contributed by atoms with Crippen molar-refractivity contribution in [2.24, 2.45) is 0 Å². The second-order valence-corrected chi connectivity index (χ2v) is 9.69. The molecule has 2 aromatic carbocycles. The molecule has 0 N–H and O–H groups in total. The lowest BCUT2D eigenvalue weighted by Gasteiger charge is -2.13. The highest BCUT2D eigenvalue weighted by atomic mass is 32.1. The number of hydrogen-bond acceptors (Lipinski definition) is 5. The predicted molar refractivity (Wildman–Crippen MR) is 129 cm³/mol. The van der Waals surface area contributed by atoms with Gasteiger partial charge in [-0.1, -0.05) is 19.4 Å². The van der Waals surface area contributed by atoms with E-state index in [2.05, 4.69) is 43.3 Å². The molecule has 0 spiro atoms. The van der Waals surface area contributed by atoms with Crippen molar-refractivity contribution in [1.29, 1.82) is 0 Å². The Hall–Kier alpha value is -2.53. The third-order valence-corrected chi connectivity index (χ3v) is 7.31. The Morgan fingerprint density at radius 3 is 2.78 bits per heavy atom. The normalized spacial score (nSPS) is 14.5. The van der Waals surface area contributed by atoms with Crippen molar-refractivity contribution in [1.82, 2.24) is 4.98 Å². The number of aryl methyl sites for hydroxylation is 4. The number of thiazole rings is 1. The van der Waals surface area contributed by atoms with E-state index in [1.807, 2.05) is 0 Å². The van der Waals surface area contributed by atoms with Gasteiger partial charge in [-0.15, -0.1) is 11.3 Å². The van der Waals surface area contributed by atoms with Crippen molar-refractivity contribution in [2.45, 2.75) is 58.3 Å². The summed E-state index contributed by atoms with van der Waals surface area (Å²) >= 11 is 1.76. The van der Waals surface area contributed by atoms with Gasteiger partial charge in [-0.25, -0.2) is 4.98 Å². The minimum atomic E-state index is 0.653. The maximum absolute atomic E-state index is 6.15. The van der Waals surface area contributed by atoms with Crippen LogP contribution in [-0.4, -0.2) is 24.8 Å². The predicted octanol–water partition coefficient (Wildman–Crippen LogP) is 6.42. The van der Waals surface area contributed by atoms with Crippen LogP contribution in [0.2, 0.25) is 0 Å². The molecule has 2 heterocycles. The van der Waals surface area contributed by atoms with E-state index < -0.39 is 0 Å². The first-order valence-corrected chi connectivity index (χ1v) is 12.7. The average molecular weight is 450 g/mol. The Morgan fingerprint density at radius 2 is 1.88 bits per heavy atom. The fourth-order valence-corrected chi connectivity index (χ4v) is 5.57. The molecule has 168 valence electrons. The molecule has 0 saturated carbocycles. The third-order valence-electron chi connectivity index (χ3n) is 6.16. The minimum absolute atomic E-state index is 0.653. The summed E-state index contributed by atoms with van der Waals surface area (Å²) in [6.07, 6.45) is 8.76. The third kappa shape index (κ3) is 4.78. The van der Waals surface area contributed by atoms with Gasteiger partial charge < -0.3 is 14.2 Å². The minimum Gasteiger partial charge on any atom is -0.493 e. The zero-order valence-corrected chi connectivity index (χ0v) is 19.6. The van der Waals surface area contributed by atoms with E-state index in [0.29, 0.717) is 13.2 Å². The fourth-order valence-electron chi connectivity index (χ4n) is 4.52. The van der Waals surface area contributed by atoms with Gasteiger partial charge in [0.15, 0.2) is 0 Å². The number of hydrogen-bond donors (Lipinski definition) is 0. The van der Waals surface area contributed by atoms with E-state index >= 15 is 0 Å². The zero-order chi connectivity index (χ0) is 21.8. The summed E-state index contributed by atoms with van der Waals surface area (Å²) in [6, 6.07) is 13.0. The number of benzene rings is 2. The molecular formula is C27H31NO3S. The van der Waals surface area contributed by atoms with Gasteiger partial charge in [0, 0.05) is 12.0 Å². The molecule has 0 radical (unpaired) electrons. The van der Waals surface area contributed by atoms with Crippen LogP contribution >= 0.6 is 11.3 Å². The quantitative estimate of drug-likeness (QED) is 0.353. The summed E-state index contributed by atoms with van der Waals surface area (Å²) in [5, 5.41) is 1.04. The van der Waals surface area contributed by atoms with Crippen LogP contribution in [0, 0.1) is 0 Å². The molecule has 4 nitrogen and oxygen atoms in total. The van der Waals surface area contributed by atoms with Gasteiger partial charge >= 0.3 is 0 Å². The highest BCUT2D eigenvalue weighted by molar-refractivity contribution is 7.15. The molecule has 3 aromatic rings. The highest BCUT2D eigenvalue weighted by Crippen LogP contribution is 2.37. The monoisotopic (exact) mass is 449 g/mol. The van der Waals surface area contributed by atoms with Crippen molar-refractivity contribution < 1.29 is 14.2 Å². The van der Waals surface area contributed by atoms with Crippen LogP contribution in [0.5, 0.6) is 17.4 Å². The largest absolute Gasteiger partial charge is 0.493 e. The van der Waals surface area contributed by atoms with Crippen molar-refractivity contribution in [2.75, 3.05) is 19.8 Å². The Morgan fingerprint density at radius 1 is 0.969 bits per heavy atom. The highest BCUT2D eigenvalue weighted by Gasteiger charge is 2.18. The molecule has 5 heteroatoms. The molecular weight excluding hydrogens is 418 g/mol. The topological polar surface area (TPSA) is 40.6 Å². The number of nitrogens with zero attached hydrogens (tertiary/aromatic N) is 1. The second-order valence-electron chi connectivity index (χ2n) is 8.61. The van der Waals surface area contributed by atoms with Crippen LogP contribution < -0.4 is 14.2 Å². The van der Waals surface area contributed by atoms with Crippen LogP contribution in [0.25, 0.3) is 10.6 Å². The van der Waals surface area contributed by atoms with Gasteiger partial charge in [-0.3, -0.25) is 0 Å². The Balaban J connectivity index is 1.17. The fraction of sp³-hybridized carbons (Fsp3) is 0.444. The maximum Gasteiger partial charge on any atom is 0.228 e. The number of rotatable bonds is 9. The Labute approximate surface area is 194 Å². The van der Waals surface area contributed by atoms with E-state index in [9.17, 15) is 0 Å². The molecule has 0 saturated heterocycles. The van der Waals surface area contributed by atoms with E-state index in [4.69, 9.17) is 19.2 Å². The first-order valence-electron chi connectivity index (χ1n) is 11.9. The maximum atomic E-state index is 6.15. The summed E-state index contributed by atoms with van der Waals surface area (Å²) in [4.78, 5) is 6.00. The molecule has 0 atom stereocenters. The van der Waals surface area contributed by atoms with Gasteiger partial charge in [-0.2, -0.15) is 0 Å². The standard InChI is InChI=1S/C27H31NO3S/c1-2-6-21-17-22(27-28-26-25(32-27)9-4-14-31-26)11-13-24(21)30-16-5-15-29-23-12-10-19-7-3-8-20(19)18-23/h10-13,17-18H,2-9,14-16H2,1H3. The number of fused-ring (bicyclic) bond motifs is 2. The SMILES string of the molecule is CCCc1cc(-c2nc3c(s2)CCCO3)ccc1OCCCOc1ccc2c(c1)CCC2. The van der Waals surface area contributed by atoms with Crippen molar-refractivity contribution in [3.05, 3.63) is 58.0 Å². The lowest BCUT2D eigenvalue weighted by molar-refractivity contribution is 0.246. The average Bonchev–Trinajstić information content (AvgIpc) is 3.46. The molecule has 0 fully saturated rings.